The van der Waals surface area contributed by atoms with Crippen molar-refractivity contribution in [2.24, 2.45) is 11.5 Å². The number of carbonyl (C=O) groups excluding carboxylic acids is 2. The Morgan fingerprint density at radius 2 is 1.25 bits per heavy atom. The monoisotopic (exact) mass is 900 g/mol. The largest absolute Gasteiger partial charge is 0.491 e. The van der Waals surface area contributed by atoms with Crippen LogP contribution in [0.15, 0.2) is 77.8 Å². The van der Waals surface area contributed by atoms with Crippen LogP contribution in [0.2, 0.25) is 0 Å². The van der Waals surface area contributed by atoms with Crippen LogP contribution in [0.4, 0.5) is 17.6 Å². The summed E-state index contributed by atoms with van der Waals surface area (Å²) in [5.74, 6) is 5.57. The minimum atomic E-state index is -1.74. The molecule has 2 atom stereocenters. The van der Waals surface area contributed by atoms with E-state index in [9.17, 15) is 37.4 Å². The van der Waals surface area contributed by atoms with Crippen LogP contribution in [0.1, 0.15) is 51.8 Å². The number of aliphatic hydroxyl groups is 2. The average molecular weight is 902 g/mol. The smallest absolute Gasteiger partial charge is 0.268 e. The van der Waals surface area contributed by atoms with E-state index in [4.69, 9.17) is 27.4 Å². The highest BCUT2D eigenvalue weighted by molar-refractivity contribution is 9.10. The lowest BCUT2D eigenvalue weighted by Crippen LogP contribution is -2.20. The molecular formula is C42H33BrF4N8O6. The molecule has 6 heterocycles. The summed E-state index contributed by atoms with van der Waals surface area (Å²) in [6.07, 6.45) is 10.1. The summed E-state index contributed by atoms with van der Waals surface area (Å²) in [6, 6.07) is 10.5. The molecule has 2 aromatic carbocycles. The zero-order valence-electron chi connectivity index (χ0n) is 32.1. The van der Waals surface area contributed by atoms with Crippen molar-refractivity contribution < 1.29 is 46.8 Å². The van der Waals surface area contributed by atoms with Gasteiger partial charge in [0.15, 0.2) is 11.2 Å². The van der Waals surface area contributed by atoms with Gasteiger partial charge in [0.25, 0.3) is 11.8 Å². The lowest BCUT2D eigenvalue weighted by Gasteiger charge is -2.15. The molecule has 0 spiro atoms. The van der Waals surface area contributed by atoms with Crippen LogP contribution in [0, 0.1) is 47.5 Å². The van der Waals surface area contributed by atoms with E-state index in [-0.39, 0.29) is 40.7 Å². The first-order valence-corrected chi connectivity index (χ1v) is 18.7. The van der Waals surface area contributed by atoms with Gasteiger partial charge >= 0.3 is 0 Å². The van der Waals surface area contributed by atoms with Gasteiger partial charge in [0.1, 0.15) is 71.0 Å². The van der Waals surface area contributed by atoms with Crippen LogP contribution < -0.4 is 20.9 Å². The number of ether oxygens (including phenoxy) is 2. The number of amides is 2. The van der Waals surface area contributed by atoms with E-state index in [1.54, 1.807) is 21.4 Å². The molecular weight excluding hydrogens is 868 g/mol. The van der Waals surface area contributed by atoms with Crippen molar-refractivity contribution in [2.45, 2.75) is 38.1 Å². The number of benzene rings is 2. The quantitative estimate of drug-likeness (QED) is 0.138. The number of rotatable bonds is 4. The fraction of sp³-hybridized carbons (Fsp3) is 0.190. The van der Waals surface area contributed by atoms with E-state index in [0.717, 1.165) is 18.5 Å². The van der Waals surface area contributed by atoms with Crippen LogP contribution in [0.3, 0.4) is 0 Å². The van der Waals surface area contributed by atoms with E-state index in [0.29, 0.717) is 52.7 Å². The number of halogens is 5. The molecule has 2 aliphatic heterocycles. The predicted molar refractivity (Wildman–Crippen MR) is 214 cm³/mol. The van der Waals surface area contributed by atoms with Gasteiger partial charge in [-0.1, -0.05) is 17.8 Å². The lowest BCUT2D eigenvalue weighted by atomic mass is 10.0. The predicted octanol–water partition coefficient (Wildman–Crippen LogP) is 4.98. The van der Waals surface area contributed by atoms with Gasteiger partial charge < -0.3 is 40.3 Å². The van der Waals surface area contributed by atoms with Crippen LogP contribution in [-0.4, -0.2) is 64.3 Å². The Bertz CT molecular complexity index is 2760. The minimum Gasteiger partial charge on any atom is -0.491 e. The third-order valence-corrected chi connectivity index (χ3v) is 9.59. The Kier molecular flexibility index (Phi) is 12.6. The summed E-state index contributed by atoms with van der Waals surface area (Å²) in [5, 5.41) is 20.0. The average Bonchev–Trinajstić information content (AvgIpc) is 3.77. The highest BCUT2D eigenvalue weighted by atomic mass is 79.9. The Hall–Kier alpha value is -7.06. The molecule has 0 fully saturated rings. The number of terminal acetylenes is 1. The number of aromatic nitrogens is 6. The molecule has 2 amide bonds. The minimum absolute atomic E-state index is 0.0168. The maximum absolute atomic E-state index is 14.6. The molecule has 6 aromatic rings. The first kappa shape index (κ1) is 43.5. The number of pyridine rings is 2. The van der Waals surface area contributed by atoms with E-state index >= 15 is 0 Å². The standard InChI is InChI=1S/C21H16F2N4O3.C12H9BrFN3O2.C9H8FNO/c1-21(29,18-3-2-13(22)10-25-18)5-4-12-8-14-17(9-15(12)23)30-7-6-27-11-16(19(24)28)26-20(14)27;13-7-3-6-10(4-8(7)14)19-2-1-17-5-9(11(15)18)16-12(6)17;1-3-9(2,12)8-5-4-7(10)6-11-8/h2-3,8-11,29H,6-7H2,1H3,(H2,24,28);3-5H,1-2H2,(H2,15,18);1,4-6,12H,2H3. The van der Waals surface area contributed by atoms with Crippen molar-refractivity contribution >= 4 is 27.7 Å². The van der Waals surface area contributed by atoms with E-state index in [1.165, 1.54) is 56.4 Å². The number of carbonyl (C=O) groups is 2. The SMILES string of the molecule is C#CC(C)(O)c1ccc(F)cn1.CC(O)(C#Cc1cc2c(cc1F)OCCn1cc(C(N)=O)nc1-2)c1ccc(F)cn1.NC(=O)c1cn2c(n1)-c1cc(Br)c(F)cc1OCC2. The summed E-state index contributed by atoms with van der Waals surface area (Å²) < 4.78 is 68.4. The molecule has 2 aliphatic rings. The topological polar surface area (TPSA) is 207 Å². The number of hydrogen-bond acceptors (Lipinski definition) is 10. The fourth-order valence-electron chi connectivity index (χ4n) is 5.77. The van der Waals surface area contributed by atoms with Crippen molar-refractivity contribution in [1.29, 1.82) is 0 Å². The normalized spacial score (nSPS) is 14.0. The fourth-order valence-corrected chi connectivity index (χ4v) is 6.11. The zero-order chi connectivity index (χ0) is 44.2. The second kappa shape index (κ2) is 17.7. The number of nitrogens with two attached hydrogens (primary N) is 2. The van der Waals surface area contributed by atoms with Gasteiger partial charge in [-0.05, 0) is 66.2 Å². The van der Waals surface area contributed by atoms with Gasteiger partial charge in [-0.2, -0.15) is 0 Å². The molecule has 61 heavy (non-hydrogen) atoms. The first-order valence-electron chi connectivity index (χ1n) is 17.9. The maximum atomic E-state index is 14.6. The summed E-state index contributed by atoms with van der Waals surface area (Å²) >= 11 is 3.13. The molecule has 0 saturated heterocycles. The third kappa shape index (κ3) is 9.88. The number of imidazole rings is 2. The van der Waals surface area contributed by atoms with Gasteiger partial charge in [-0.25, -0.2) is 27.5 Å². The Morgan fingerprint density at radius 3 is 1.70 bits per heavy atom. The van der Waals surface area contributed by atoms with Gasteiger partial charge in [0.05, 0.1) is 58.0 Å². The van der Waals surface area contributed by atoms with Crippen LogP contribution in [0.25, 0.3) is 22.8 Å². The molecule has 6 N–H and O–H groups in total. The van der Waals surface area contributed by atoms with Crippen molar-refractivity contribution in [1.82, 2.24) is 29.1 Å². The summed E-state index contributed by atoms with van der Waals surface area (Å²) in [5.41, 5.74) is 9.08. The lowest BCUT2D eigenvalue weighted by molar-refractivity contribution is 0.0987. The van der Waals surface area contributed by atoms with Crippen LogP contribution in [-0.2, 0) is 24.3 Å². The van der Waals surface area contributed by atoms with E-state index in [2.05, 4.69) is 53.6 Å². The van der Waals surface area contributed by atoms with Crippen molar-refractivity contribution in [3.05, 3.63) is 129 Å². The van der Waals surface area contributed by atoms with Crippen LogP contribution >= 0.6 is 15.9 Å². The molecule has 8 rings (SSSR count). The van der Waals surface area contributed by atoms with Gasteiger partial charge in [-0.15, -0.1) is 6.42 Å². The number of fused-ring (bicyclic) bond motifs is 6. The highest BCUT2D eigenvalue weighted by Crippen LogP contribution is 2.36. The highest BCUT2D eigenvalue weighted by Gasteiger charge is 2.25. The molecule has 0 bridgehead atoms. The Balaban J connectivity index is 0.000000171. The summed E-state index contributed by atoms with van der Waals surface area (Å²) in [7, 11) is 0. The molecule has 4 aromatic heterocycles. The molecule has 14 nitrogen and oxygen atoms in total. The molecule has 19 heteroatoms. The molecule has 0 aliphatic carbocycles. The molecule has 0 radical (unpaired) electrons. The van der Waals surface area contributed by atoms with E-state index < -0.39 is 46.3 Å². The Morgan fingerprint density at radius 1 is 0.770 bits per heavy atom. The van der Waals surface area contributed by atoms with E-state index in [1.807, 2.05) is 0 Å². The van der Waals surface area contributed by atoms with Crippen molar-refractivity contribution in [2.75, 3.05) is 13.2 Å². The number of nitrogens with zero attached hydrogens (tertiary/aromatic N) is 6. The van der Waals surface area contributed by atoms with Gasteiger partial charge in [0.2, 0.25) is 0 Å². The zero-order valence-corrected chi connectivity index (χ0v) is 33.7. The first-order chi connectivity index (χ1) is 28.9. The van der Waals surface area contributed by atoms with Crippen molar-refractivity contribution in [3.63, 3.8) is 0 Å². The Labute approximate surface area is 353 Å². The molecule has 0 saturated carbocycles. The second-order valence-corrected chi connectivity index (χ2v) is 14.4. The molecule has 312 valence electrons. The van der Waals surface area contributed by atoms with Crippen molar-refractivity contribution in [3.8, 4) is 58.5 Å². The molecule has 2 unspecified atom stereocenters. The summed E-state index contributed by atoms with van der Waals surface area (Å²) in [6.45, 7) is 4.34. The summed E-state index contributed by atoms with van der Waals surface area (Å²) in [4.78, 5) is 38.6. The third-order valence-electron chi connectivity index (χ3n) is 8.98. The van der Waals surface area contributed by atoms with Crippen LogP contribution in [0.5, 0.6) is 11.5 Å². The number of hydrogen-bond donors (Lipinski definition) is 4. The van der Waals surface area contributed by atoms with Gasteiger partial charge in [0, 0.05) is 24.5 Å². The van der Waals surface area contributed by atoms with Gasteiger partial charge in [-0.3, -0.25) is 19.6 Å². The maximum Gasteiger partial charge on any atom is 0.268 e. The second-order valence-electron chi connectivity index (χ2n) is 13.6. The number of primary amides is 2.